The zero-order chi connectivity index (χ0) is 63.1. The monoisotopic (exact) mass is 1170 g/mol. The van der Waals surface area contributed by atoms with Crippen molar-refractivity contribution in [2.45, 2.75) is 215 Å². The lowest BCUT2D eigenvalue weighted by atomic mass is 9.84. The van der Waals surface area contributed by atoms with Gasteiger partial charge >= 0.3 is 36.1 Å². The molecule has 7 N–H and O–H groups in total. The first-order valence-electron chi connectivity index (χ1n) is 28.5. The lowest BCUT2D eigenvalue weighted by molar-refractivity contribution is -0.192. The fraction of sp³-hybridized carbons (Fsp3) is 0.656. The molecule has 22 heteroatoms. The van der Waals surface area contributed by atoms with Gasteiger partial charge in [0.25, 0.3) is 0 Å². The second-order valence-electron chi connectivity index (χ2n) is 24.9. The Labute approximate surface area is 490 Å². The number of carbonyl (C=O) groups is 8. The number of rotatable bonds is 34. The normalized spacial score (nSPS) is 12.4. The van der Waals surface area contributed by atoms with Gasteiger partial charge in [0.2, 0.25) is 11.8 Å². The molecule has 0 saturated carbocycles. The van der Waals surface area contributed by atoms with Crippen LogP contribution in [0.1, 0.15) is 183 Å². The molecule has 0 aliphatic heterocycles. The van der Waals surface area contributed by atoms with E-state index >= 15 is 0 Å². The van der Waals surface area contributed by atoms with Crippen LogP contribution in [-0.2, 0) is 83.3 Å². The lowest BCUT2D eigenvalue weighted by Crippen LogP contribution is -2.53. The summed E-state index contributed by atoms with van der Waals surface area (Å²) in [6.45, 7) is 25.0. The maximum atomic E-state index is 13.3. The predicted octanol–water partition coefficient (Wildman–Crippen LogP) is 7.21. The Morgan fingerprint density at radius 1 is 0.566 bits per heavy atom. The number of ether oxygens (including phenoxy) is 3. The largest absolute Gasteiger partial charge is 0.508 e. The molecular formula is C61H96N6O16. The minimum atomic E-state index is -1.07. The summed E-state index contributed by atoms with van der Waals surface area (Å²) in [5.74, 6) is -2.85. The van der Waals surface area contributed by atoms with Gasteiger partial charge in [-0.15, -0.1) is 0 Å². The number of nitrogens with one attached hydrogen (secondary N) is 4. The topological polar surface area (TPSA) is 314 Å². The lowest BCUT2D eigenvalue weighted by Gasteiger charge is -2.32. The maximum Gasteiger partial charge on any atom is 0.373 e. The van der Waals surface area contributed by atoms with E-state index in [1.165, 1.54) is 13.0 Å². The number of benzene rings is 2. The van der Waals surface area contributed by atoms with Crippen LogP contribution in [0.3, 0.4) is 0 Å². The highest BCUT2D eigenvalue weighted by molar-refractivity contribution is 5.84. The summed E-state index contributed by atoms with van der Waals surface area (Å²) in [5.41, 5.74) is 0.0508. The number of hydrogen-bond acceptors (Lipinski definition) is 17. The van der Waals surface area contributed by atoms with Crippen LogP contribution in [0.4, 0.5) is 4.79 Å². The van der Waals surface area contributed by atoms with E-state index < -0.39 is 52.8 Å². The summed E-state index contributed by atoms with van der Waals surface area (Å²) in [5, 5.41) is 42.4. The zero-order valence-electron chi connectivity index (χ0n) is 51.5. The number of carboxylic acid groups (broad SMARTS) is 1. The van der Waals surface area contributed by atoms with Crippen LogP contribution in [0, 0.1) is 5.41 Å². The number of unbranched alkanes of at least 4 members (excludes halogenated alkanes) is 3. The Morgan fingerprint density at radius 2 is 1.04 bits per heavy atom. The molecule has 0 bridgehead atoms. The van der Waals surface area contributed by atoms with Gasteiger partial charge in [0.05, 0.1) is 13.1 Å². The van der Waals surface area contributed by atoms with Crippen molar-refractivity contribution in [1.82, 2.24) is 31.1 Å². The second kappa shape index (κ2) is 36.6. The number of hydrogen-bond donors (Lipinski definition) is 7. The van der Waals surface area contributed by atoms with Crippen LogP contribution in [0.15, 0.2) is 36.4 Å². The fourth-order valence-electron chi connectivity index (χ4n) is 8.46. The highest BCUT2D eigenvalue weighted by Gasteiger charge is 2.31. The first-order chi connectivity index (χ1) is 38.5. The molecule has 4 amide bonds. The number of carbonyl (C=O) groups excluding carboxylic acids is 9. The number of aliphatic carboxylic acids is 1. The van der Waals surface area contributed by atoms with E-state index in [1.807, 2.05) is 31.7 Å². The Morgan fingerprint density at radius 3 is 1.52 bits per heavy atom. The molecule has 2 atom stereocenters. The van der Waals surface area contributed by atoms with Gasteiger partial charge < -0.3 is 50.8 Å². The third-order valence-electron chi connectivity index (χ3n) is 12.3. The molecule has 0 aliphatic carbocycles. The summed E-state index contributed by atoms with van der Waals surface area (Å²) < 4.78 is 16.5. The van der Waals surface area contributed by atoms with E-state index in [9.17, 15) is 53.7 Å². The van der Waals surface area contributed by atoms with Crippen molar-refractivity contribution < 1.29 is 77.5 Å². The zero-order valence-corrected chi connectivity index (χ0v) is 51.5. The van der Waals surface area contributed by atoms with Crippen LogP contribution >= 0.6 is 0 Å². The van der Waals surface area contributed by atoms with Crippen molar-refractivity contribution in [3.05, 3.63) is 58.7 Å². The number of carboxylic acids is 1. The molecule has 0 fully saturated rings. The highest BCUT2D eigenvalue weighted by atomic mass is 16.6. The summed E-state index contributed by atoms with van der Waals surface area (Å²) >= 11 is 0. The number of ketones is 1. The van der Waals surface area contributed by atoms with Gasteiger partial charge in [-0.2, -0.15) is 9.59 Å². The minimum absolute atomic E-state index is 0.00776. The third-order valence-corrected chi connectivity index (χ3v) is 12.3. The SMILES string of the molecule is CC(=O)CN(CCN(CC(=O)OC(C)(C)C)Cc1cc(CCC(=O)O)ccc1O)Cc1cc(CCC(=O)NCCCCCC(=O)NCCCC[C@H](NC(=O)N[C@@H](CCC(=O)OC(C)(C)C)C(=O)OC(C)(C)C)C(C)(C)C)ccc1O.O=C=O. The first-order valence-corrected chi connectivity index (χ1v) is 28.5. The number of Topliss-reactive ketones (excluding diaryl/α,β-unsaturated/α-hetero) is 1. The summed E-state index contributed by atoms with van der Waals surface area (Å²) in [6, 6.07) is 8.13. The van der Waals surface area contributed by atoms with Crippen molar-refractivity contribution >= 4 is 53.7 Å². The van der Waals surface area contributed by atoms with Crippen molar-refractivity contribution in [3.63, 3.8) is 0 Å². The van der Waals surface area contributed by atoms with Gasteiger partial charge in [-0.3, -0.25) is 38.6 Å². The average molecular weight is 1170 g/mol. The van der Waals surface area contributed by atoms with Gasteiger partial charge in [0, 0.05) is 82.1 Å². The third kappa shape index (κ3) is 36.3. The van der Waals surface area contributed by atoms with Crippen molar-refractivity contribution in [1.29, 1.82) is 0 Å². The minimum Gasteiger partial charge on any atom is -0.508 e. The second-order valence-corrected chi connectivity index (χ2v) is 24.9. The van der Waals surface area contributed by atoms with Gasteiger partial charge in [-0.25, -0.2) is 9.59 Å². The van der Waals surface area contributed by atoms with Crippen LogP contribution in [-0.4, -0.2) is 147 Å². The van der Waals surface area contributed by atoms with E-state index in [2.05, 4.69) is 21.3 Å². The van der Waals surface area contributed by atoms with Crippen molar-refractivity contribution in [2.24, 2.45) is 5.41 Å². The van der Waals surface area contributed by atoms with Crippen LogP contribution in [0.25, 0.3) is 0 Å². The molecule has 2 rings (SSSR count). The van der Waals surface area contributed by atoms with Gasteiger partial charge in [-0.1, -0.05) is 51.5 Å². The number of phenolic OH excluding ortho intramolecular Hbond substituents is 2. The molecule has 0 radical (unpaired) electrons. The Hall–Kier alpha value is -6.90. The molecule has 0 heterocycles. The fourth-order valence-corrected chi connectivity index (χ4v) is 8.46. The van der Waals surface area contributed by atoms with Gasteiger partial charge in [-0.05, 0) is 149 Å². The van der Waals surface area contributed by atoms with Crippen LogP contribution < -0.4 is 21.3 Å². The number of aromatic hydroxyl groups is 2. The molecule has 0 aliphatic rings. The maximum absolute atomic E-state index is 13.3. The number of urea groups is 1. The van der Waals surface area contributed by atoms with Crippen molar-refractivity contribution in [3.8, 4) is 11.5 Å². The van der Waals surface area contributed by atoms with Gasteiger partial charge in [0.15, 0.2) is 0 Å². The molecule has 2 aromatic carbocycles. The van der Waals surface area contributed by atoms with E-state index in [0.717, 1.165) is 24.0 Å². The Kier molecular flexibility index (Phi) is 32.7. The molecular weight excluding hydrogens is 1070 g/mol. The number of aryl methyl sites for hydroxylation is 2. The van der Waals surface area contributed by atoms with E-state index in [1.54, 1.807) is 91.5 Å². The standard InChI is InChI=1S/C60H96N6O14.CO2/c1-41(67)37-65(33-34-66(40-54(75)79-59(8,9)10)39-45-36-43(22-27-48(45)69)24-29-52(72)73)38-44-35-42(21-26-47(44)68)23-28-51(71)62-31-17-14-15-20-50(70)61-32-18-16-19-49(57(2,3)4)64-56(77)63-46(55(76)80-60(11,12)13)25-30-53(74)78-58(5,6)7;2-1-3/h21-22,26-27,35-36,46,49,68-69H,14-20,23-25,28-34,37-40H2,1-13H3,(H,61,70)(H,62,71)(H,72,73)(H2,63,64,77);/t46-,49-;/m0./s1. The predicted molar refractivity (Wildman–Crippen MR) is 311 cm³/mol. The average Bonchev–Trinajstić information content (AvgIpc) is 3.41. The summed E-state index contributed by atoms with van der Waals surface area (Å²) in [4.78, 5) is 121. The molecule has 0 spiro atoms. The molecule has 0 saturated heterocycles. The van der Waals surface area contributed by atoms with Crippen LogP contribution in [0.5, 0.6) is 11.5 Å². The summed E-state index contributed by atoms with van der Waals surface area (Å²) in [7, 11) is 0. The number of amides is 4. The molecule has 83 heavy (non-hydrogen) atoms. The molecule has 0 unspecified atom stereocenters. The Balaban J connectivity index is 0.0000112. The molecule has 0 aromatic heterocycles. The summed E-state index contributed by atoms with van der Waals surface area (Å²) in [6.07, 6.45) is 5.44. The molecule has 22 nitrogen and oxygen atoms in total. The smallest absolute Gasteiger partial charge is 0.373 e. The quantitative estimate of drug-likeness (QED) is 0.0207. The Bertz CT molecular complexity index is 2450. The van der Waals surface area contributed by atoms with E-state index in [0.29, 0.717) is 69.3 Å². The van der Waals surface area contributed by atoms with Gasteiger partial charge in [0.1, 0.15) is 40.1 Å². The van der Waals surface area contributed by atoms with E-state index in [-0.39, 0.29) is 112 Å². The highest BCUT2D eigenvalue weighted by Crippen LogP contribution is 2.26. The molecule has 2 aromatic rings. The molecule has 466 valence electrons. The first kappa shape index (κ1) is 74.1. The van der Waals surface area contributed by atoms with E-state index in [4.69, 9.17) is 23.8 Å². The van der Waals surface area contributed by atoms with Crippen molar-refractivity contribution in [2.75, 3.05) is 39.3 Å². The number of esters is 3. The number of phenols is 2. The van der Waals surface area contributed by atoms with Crippen LogP contribution in [0.2, 0.25) is 0 Å². The number of nitrogens with zero attached hydrogens (tertiary/aromatic N) is 2.